The molecular weight excluding hydrogens is 296 g/mol. The van der Waals surface area contributed by atoms with E-state index < -0.39 is 10.0 Å². The van der Waals surface area contributed by atoms with Crippen LogP contribution in [0.1, 0.15) is 11.4 Å². The van der Waals surface area contributed by atoms with E-state index in [-0.39, 0.29) is 23.7 Å². The topological polar surface area (TPSA) is 120 Å². The minimum absolute atomic E-state index is 0.0565. The van der Waals surface area contributed by atoms with Gasteiger partial charge >= 0.3 is 0 Å². The summed E-state index contributed by atoms with van der Waals surface area (Å²) < 4.78 is 36.8. The smallest absolute Gasteiger partial charge is 0.244 e. The molecule has 8 nitrogen and oxygen atoms in total. The normalized spacial score (nSPS) is 11.5. The Morgan fingerprint density at radius 1 is 1.43 bits per heavy atom. The van der Waals surface area contributed by atoms with Crippen molar-refractivity contribution in [1.29, 1.82) is 0 Å². The van der Waals surface area contributed by atoms with Crippen molar-refractivity contribution in [3.8, 4) is 5.75 Å². The van der Waals surface area contributed by atoms with E-state index in [9.17, 15) is 8.42 Å². The van der Waals surface area contributed by atoms with Crippen molar-refractivity contribution in [2.24, 2.45) is 5.73 Å². The Morgan fingerprint density at radius 3 is 2.86 bits per heavy atom. The molecule has 0 aliphatic carbocycles. The van der Waals surface area contributed by atoms with E-state index in [0.29, 0.717) is 17.8 Å². The fourth-order valence-electron chi connectivity index (χ4n) is 1.74. The van der Waals surface area contributed by atoms with Crippen LogP contribution in [-0.4, -0.2) is 32.2 Å². The number of benzene rings is 1. The summed E-state index contributed by atoms with van der Waals surface area (Å²) >= 11 is 0. The first-order valence-electron chi connectivity index (χ1n) is 6.18. The third-order valence-electron chi connectivity index (χ3n) is 2.80. The molecule has 114 valence electrons. The highest BCUT2D eigenvalue weighted by Gasteiger charge is 2.19. The zero-order valence-corrected chi connectivity index (χ0v) is 12.3. The van der Waals surface area contributed by atoms with Crippen molar-refractivity contribution in [1.82, 2.24) is 14.9 Å². The van der Waals surface area contributed by atoms with Gasteiger partial charge in [0.1, 0.15) is 10.6 Å². The summed E-state index contributed by atoms with van der Waals surface area (Å²) in [6.07, 6.45) is 1.52. The SMILES string of the molecule is COc1ccc(CN)cc1S(=O)(=O)NCCc1ncon1. The van der Waals surface area contributed by atoms with Crippen molar-refractivity contribution in [2.45, 2.75) is 17.9 Å². The fourth-order valence-corrected chi connectivity index (χ4v) is 2.98. The Balaban J connectivity index is 2.14. The summed E-state index contributed by atoms with van der Waals surface area (Å²) in [6.45, 7) is 0.396. The van der Waals surface area contributed by atoms with Crippen molar-refractivity contribution in [3.05, 3.63) is 36.0 Å². The molecule has 0 unspecified atom stereocenters. The molecule has 0 aliphatic heterocycles. The quantitative estimate of drug-likeness (QED) is 0.741. The molecule has 1 heterocycles. The minimum Gasteiger partial charge on any atom is -0.495 e. The van der Waals surface area contributed by atoms with Gasteiger partial charge in [-0.3, -0.25) is 0 Å². The van der Waals surface area contributed by atoms with Gasteiger partial charge in [0.15, 0.2) is 5.82 Å². The van der Waals surface area contributed by atoms with Gasteiger partial charge in [0, 0.05) is 19.5 Å². The standard InChI is InChI=1S/C12H16N4O4S/c1-19-10-3-2-9(7-13)6-11(10)21(17,18)15-5-4-12-14-8-20-16-12/h2-3,6,8,15H,4-5,7,13H2,1H3. The fraction of sp³-hybridized carbons (Fsp3) is 0.333. The van der Waals surface area contributed by atoms with E-state index in [0.717, 1.165) is 0 Å². The van der Waals surface area contributed by atoms with Gasteiger partial charge in [-0.15, -0.1) is 0 Å². The molecule has 2 rings (SSSR count). The summed E-state index contributed by atoms with van der Waals surface area (Å²) in [6, 6.07) is 4.79. The number of nitrogens with two attached hydrogens (primary N) is 1. The second-order valence-corrected chi connectivity index (χ2v) is 5.92. The van der Waals surface area contributed by atoms with Crippen LogP contribution < -0.4 is 15.2 Å². The molecule has 9 heteroatoms. The summed E-state index contributed by atoms with van der Waals surface area (Å²) in [4.78, 5) is 3.87. The third-order valence-corrected chi connectivity index (χ3v) is 4.28. The van der Waals surface area contributed by atoms with Gasteiger partial charge in [0.25, 0.3) is 0 Å². The zero-order chi connectivity index (χ0) is 15.3. The van der Waals surface area contributed by atoms with Gasteiger partial charge in [0.05, 0.1) is 7.11 Å². The van der Waals surface area contributed by atoms with E-state index in [4.69, 9.17) is 10.5 Å². The number of nitrogens with one attached hydrogen (secondary N) is 1. The van der Waals surface area contributed by atoms with Crippen molar-refractivity contribution < 1.29 is 17.7 Å². The average molecular weight is 312 g/mol. The number of hydrogen-bond donors (Lipinski definition) is 2. The lowest BCUT2D eigenvalue weighted by Gasteiger charge is -2.11. The lowest BCUT2D eigenvalue weighted by Crippen LogP contribution is -2.26. The average Bonchev–Trinajstić information content (AvgIpc) is 2.99. The number of hydrogen-bond acceptors (Lipinski definition) is 7. The molecule has 0 atom stereocenters. The summed E-state index contributed by atoms with van der Waals surface area (Å²) in [5.41, 5.74) is 6.24. The maximum absolute atomic E-state index is 12.3. The predicted octanol–water partition coefficient (Wildman–Crippen LogP) is 0.0579. The molecule has 2 aromatic rings. The number of sulfonamides is 1. The Bertz CT molecular complexity index is 685. The summed E-state index contributed by atoms with van der Waals surface area (Å²) in [5.74, 6) is 0.694. The van der Waals surface area contributed by atoms with Gasteiger partial charge < -0.3 is 15.0 Å². The maximum atomic E-state index is 12.3. The monoisotopic (exact) mass is 312 g/mol. The van der Waals surface area contributed by atoms with Crippen LogP contribution in [0.5, 0.6) is 5.75 Å². The lowest BCUT2D eigenvalue weighted by atomic mass is 10.2. The molecule has 21 heavy (non-hydrogen) atoms. The Kier molecular flexibility index (Phi) is 4.89. The van der Waals surface area contributed by atoms with E-state index >= 15 is 0 Å². The van der Waals surface area contributed by atoms with Gasteiger partial charge in [-0.1, -0.05) is 11.2 Å². The van der Waals surface area contributed by atoms with Crippen LogP contribution in [0.2, 0.25) is 0 Å². The minimum atomic E-state index is -3.71. The molecule has 0 bridgehead atoms. The Labute approximate surface area is 122 Å². The van der Waals surface area contributed by atoms with Gasteiger partial charge in [-0.05, 0) is 17.7 Å². The first-order chi connectivity index (χ1) is 10.1. The van der Waals surface area contributed by atoms with Crippen LogP contribution in [0.15, 0.2) is 34.0 Å². The molecule has 3 N–H and O–H groups in total. The van der Waals surface area contributed by atoms with Gasteiger partial charge in [-0.25, -0.2) is 13.1 Å². The van der Waals surface area contributed by atoms with Crippen LogP contribution in [0.25, 0.3) is 0 Å². The van der Waals surface area contributed by atoms with Crippen LogP contribution in [-0.2, 0) is 23.0 Å². The number of ether oxygens (including phenoxy) is 1. The first kappa shape index (κ1) is 15.4. The highest BCUT2D eigenvalue weighted by Crippen LogP contribution is 2.24. The van der Waals surface area contributed by atoms with E-state index in [1.807, 2.05) is 0 Å². The summed E-state index contributed by atoms with van der Waals surface area (Å²) in [7, 11) is -2.29. The predicted molar refractivity (Wildman–Crippen MR) is 74.1 cm³/mol. The highest BCUT2D eigenvalue weighted by molar-refractivity contribution is 7.89. The molecule has 1 aromatic carbocycles. The Morgan fingerprint density at radius 2 is 2.24 bits per heavy atom. The third kappa shape index (κ3) is 3.78. The second kappa shape index (κ2) is 6.66. The molecular formula is C12H16N4O4S. The zero-order valence-electron chi connectivity index (χ0n) is 11.4. The highest BCUT2D eigenvalue weighted by atomic mass is 32.2. The molecule has 0 fully saturated rings. The molecule has 0 saturated carbocycles. The molecule has 0 saturated heterocycles. The van der Waals surface area contributed by atoms with Gasteiger partial charge in [0.2, 0.25) is 16.4 Å². The van der Waals surface area contributed by atoms with Crippen LogP contribution >= 0.6 is 0 Å². The van der Waals surface area contributed by atoms with Crippen LogP contribution in [0, 0.1) is 0 Å². The van der Waals surface area contributed by atoms with Crippen LogP contribution in [0.3, 0.4) is 0 Å². The maximum Gasteiger partial charge on any atom is 0.244 e. The number of rotatable bonds is 7. The van der Waals surface area contributed by atoms with Crippen LogP contribution in [0.4, 0.5) is 0 Å². The number of nitrogens with zero attached hydrogens (tertiary/aromatic N) is 2. The van der Waals surface area contributed by atoms with E-state index in [1.165, 1.54) is 19.6 Å². The molecule has 0 radical (unpaired) electrons. The lowest BCUT2D eigenvalue weighted by molar-refractivity contribution is 0.402. The van der Waals surface area contributed by atoms with Crippen molar-refractivity contribution in [3.63, 3.8) is 0 Å². The number of methoxy groups -OCH3 is 1. The first-order valence-corrected chi connectivity index (χ1v) is 7.67. The largest absolute Gasteiger partial charge is 0.495 e. The molecule has 0 aliphatic rings. The molecule has 0 amide bonds. The molecule has 0 spiro atoms. The Hall–Kier alpha value is -1.97. The number of aromatic nitrogens is 2. The van der Waals surface area contributed by atoms with Crippen molar-refractivity contribution >= 4 is 10.0 Å². The van der Waals surface area contributed by atoms with E-state index in [1.54, 1.807) is 12.1 Å². The molecule has 1 aromatic heterocycles. The summed E-state index contributed by atoms with van der Waals surface area (Å²) in [5, 5.41) is 3.61. The van der Waals surface area contributed by atoms with E-state index in [2.05, 4.69) is 19.4 Å². The second-order valence-electron chi connectivity index (χ2n) is 4.18. The van der Waals surface area contributed by atoms with Gasteiger partial charge in [-0.2, -0.15) is 4.98 Å². The van der Waals surface area contributed by atoms with Crippen molar-refractivity contribution in [2.75, 3.05) is 13.7 Å².